The van der Waals surface area contributed by atoms with E-state index in [0.717, 1.165) is 5.56 Å². The Morgan fingerprint density at radius 2 is 2.00 bits per heavy atom. The Labute approximate surface area is 146 Å². The van der Waals surface area contributed by atoms with Crippen LogP contribution in [0.15, 0.2) is 52.1 Å². The van der Waals surface area contributed by atoms with E-state index in [1.165, 1.54) is 6.26 Å². The smallest absolute Gasteiger partial charge is 0.248 e. The van der Waals surface area contributed by atoms with Gasteiger partial charge in [-0.3, -0.25) is 4.79 Å². The first-order valence-electron chi connectivity index (χ1n) is 8.09. The van der Waals surface area contributed by atoms with E-state index in [9.17, 15) is 9.90 Å². The van der Waals surface area contributed by atoms with Gasteiger partial charge in [-0.2, -0.15) is 0 Å². The van der Waals surface area contributed by atoms with Crippen molar-refractivity contribution >= 4 is 11.9 Å². The Hall–Kier alpha value is -2.80. The fourth-order valence-corrected chi connectivity index (χ4v) is 2.21. The Bertz CT molecular complexity index is 706. The lowest BCUT2D eigenvalue weighted by Crippen LogP contribution is -2.44. The minimum atomic E-state index is -1.15. The molecule has 0 aliphatic carbocycles. The van der Waals surface area contributed by atoms with E-state index in [1.807, 2.05) is 19.1 Å². The highest BCUT2D eigenvalue weighted by Crippen LogP contribution is 2.19. The van der Waals surface area contributed by atoms with Gasteiger partial charge in [0.2, 0.25) is 5.91 Å². The number of furan rings is 1. The molecule has 2 rings (SSSR count). The average Bonchev–Trinajstić information content (AvgIpc) is 3.13. The van der Waals surface area contributed by atoms with Crippen LogP contribution in [0, 0.1) is 0 Å². The first kappa shape index (κ1) is 18.5. The Balaban J connectivity index is 1.99. The van der Waals surface area contributed by atoms with E-state index in [1.54, 1.807) is 31.2 Å². The quantitative estimate of drug-likeness (QED) is 0.447. The van der Waals surface area contributed by atoms with E-state index < -0.39 is 11.5 Å². The number of nitrogens with one attached hydrogen (secondary N) is 2. The third-order valence-corrected chi connectivity index (χ3v) is 3.65. The van der Waals surface area contributed by atoms with Crippen LogP contribution in [0.2, 0.25) is 0 Å². The highest BCUT2D eigenvalue weighted by molar-refractivity contribution is 5.92. The summed E-state index contributed by atoms with van der Waals surface area (Å²) >= 11 is 0. The van der Waals surface area contributed by atoms with Crippen LogP contribution in [0.5, 0.6) is 0 Å². The predicted molar refractivity (Wildman–Crippen MR) is 96.1 cm³/mol. The van der Waals surface area contributed by atoms with Crippen molar-refractivity contribution in [3.8, 4) is 0 Å². The largest absolute Gasteiger partial charge is 0.466 e. The summed E-state index contributed by atoms with van der Waals surface area (Å²) in [7, 11) is 0. The summed E-state index contributed by atoms with van der Waals surface area (Å²) < 4.78 is 5.26. The Kier molecular flexibility index (Phi) is 6.19. The number of carbonyl (C=O) groups is 1. The summed E-state index contributed by atoms with van der Waals surface area (Å²) in [5.74, 6) is 0.608. The molecule has 1 heterocycles. The van der Waals surface area contributed by atoms with Gasteiger partial charge < -0.3 is 25.9 Å². The van der Waals surface area contributed by atoms with Crippen molar-refractivity contribution in [2.45, 2.75) is 26.0 Å². The lowest BCUT2D eigenvalue weighted by atomic mass is 10.0. The first-order valence-corrected chi connectivity index (χ1v) is 8.09. The van der Waals surface area contributed by atoms with E-state index in [-0.39, 0.29) is 6.54 Å². The van der Waals surface area contributed by atoms with E-state index in [0.29, 0.717) is 30.4 Å². The van der Waals surface area contributed by atoms with Crippen molar-refractivity contribution in [1.29, 1.82) is 0 Å². The second-order valence-electron chi connectivity index (χ2n) is 5.86. The number of aliphatic imine (C=N–C) groups is 1. The first-order chi connectivity index (χ1) is 11.9. The number of hydrogen-bond donors (Lipinski definition) is 4. The minimum Gasteiger partial charge on any atom is -0.466 e. The fraction of sp³-hybridized carbons (Fsp3) is 0.333. The molecule has 1 aromatic carbocycles. The number of rotatable bonds is 7. The molecular weight excluding hydrogens is 320 g/mol. The number of carbonyl (C=O) groups excluding carboxylic acids is 1. The van der Waals surface area contributed by atoms with Crippen molar-refractivity contribution in [3.05, 3.63) is 59.5 Å². The third kappa shape index (κ3) is 5.36. The van der Waals surface area contributed by atoms with Crippen LogP contribution < -0.4 is 16.4 Å². The third-order valence-electron chi connectivity index (χ3n) is 3.65. The molecule has 1 amide bonds. The van der Waals surface area contributed by atoms with Crippen molar-refractivity contribution < 1.29 is 14.3 Å². The summed E-state index contributed by atoms with van der Waals surface area (Å²) in [5, 5.41) is 16.7. The molecule has 7 heteroatoms. The highest BCUT2D eigenvalue weighted by atomic mass is 16.4. The Morgan fingerprint density at radius 3 is 2.56 bits per heavy atom. The van der Waals surface area contributed by atoms with Crippen LogP contribution in [0.25, 0.3) is 0 Å². The molecule has 1 aromatic heterocycles. The van der Waals surface area contributed by atoms with Crippen LogP contribution in [0.4, 0.5) is 0 Å². The number of nitrogens with zero attached hydrogens (tertiary/aromatic N) is 1. The SMILES string of the molecule is CCNC(=NCc1ccc(C(N)=O)cc1)NCC(C)(O)c1ccco1. The van der Waals surface area contributed by atoms with Gasteiger partial charge in [0.1, 0.15) is 11.4 Å². The van der Waals surface area contributed by atoms with Crippen LogP contribution in [-0.4, -0.2) is 30.1 Å². The van der Waals surface area contributed by atoms with Crippen LogP contribution >= 0.6 is 0 Å². The van der Waals surface area contributed by atoms with Crippen molar-refractivity contribution in [2.24, 2.45) is 10.7 Å². The van der Waals surface area contributed by atoms with Gasteiger partial charge in [-0.05, 0) is 43.7 Å². The summed E-state index contributed by atoms with van der Waals surface area (Å²) in [5.41, 5.74) is 5.49. The normalized spacial score (nSPS) is 14.0. The second-order valence-corrected chi connectivity index (χ2v) is 5.86. The average molecular weight is 344 g/mol. The Morgan fingerprint density at radius 1 is 1.28 bits per heavy atom. The summed E-state index contributed by atoms with van der Waals surface area (Å²) in [6.07, 6.45) is 1.53. The molecule has 0 radical (unpaired) electrons. The van der Waals surface area contributed by atoms with Gasteiger partial charge >= 0.3 is 0 Å². The van der Waals surface area contributed by atoms with Gasteiger partial charge in [-0.25, -0.2) is 4.99 Å². The number of nitrogens with two attached hydrogens (primary N) is 1. The molecule has 2 aromatic rings. The maximum absolute atomic E-state index is 11.1. The van der Waals surface area contributed by atoms with Gasteiger partial charge in [0, 0.05) is 12.1 Å². The van der Waals surface area contributed by atoms with Gasteiger partial charge in [-0.15, -0.1) is 0 Å². The molecule has 5 N–H and O–H groups in total. The number of aliphatic hydroxyl groups is 1. The van der Waals surface area contributed by atoms with Gasteiger partial charge in [0.05, 0.1) is 19.4 Å². The fourth-order valence-electron chi connectivity index (χ4n) is 2.21. The zero-order valence-corrected chi connectivity index (χ0v) is 14.5. The number of amides is 1. The van der Waals surface area contributed by atoms with E-state index in [4.69, 9.17) is 10.2 Å². The minimum absolute atomic E-state index is 0.243. The number of primary amides is 1. The summed E-state index contributed by atoms with van der Waals surface area (Å²) in [6, 6.07) is 10.4. The van der Waals surface area contributed by atoms with Gasteiger partial charge in [0.15, 0.2) is 5.96 Å². The molecule has 0 saturated carbocycles. The van der Waals surface area contributed by atoms with Crippen LogP contribution in [0.1, 0.15) is 35.5 Å². The molecule has 0 aliphatic heterocycles. The van der Waals surface area contributed by atoms with Gasteiger partial charge in [-0.1, -0.05) is 12.1 Å². The van der Waals surface area contributed by atoms with Crippen molar-refractivity contribution in [1.82, 2.24) is 10.6 Å². The van der Waals surface area contributed by atoms with Crippen LogP contribution in [0.3, 0.4) is 0 Å². The topological polar surface area (TPSA) is 113 Å². The zero-order valence-electron chi connectivity index (χ0n) is 14.5. The standard InChI is InChI=1S/C18H24N4O3/c1-3-20-17(22-12-18(2,24)15-5-4-10-25-15)21-11-13-6-8-14(9-7-13)16(19)23/h4-10,24H,3,11-12H2,1-2H3,(H2,19,23)(H2,20,21,22). The molecule has 1 unspecified atom stereocenters. The molecule has 0 saturated heterocycles. The maximum Gasteiger partial charge on any atom is 0.248 e. The molecule has 0 fully saturated rings. The zero-order chi connectivity index (χ0) is 18.3. The molecule has 7 nitrogen and oxygen atoms in total. The number of guanidine groups is 1. The predicted octanol–water partition coefficient (Wildman–Crippen LogP) is 1.34. The van der Waals surface area contributed by atoms with Crippen LogP contribution in [-0.2, 0) is 12.1 Å². The number of benzene rings is 1. The molecular formula is C18H24N4O3. The monoisotopic (exact) mass is 344 g/mol. The molecule has 1 atom stereocenters. The van der Waals surface area contributed by atoms with E-state index >= 15 is 0 Å². The summed E-state index contributed by atoms with van der Waals surface area (Å²) in [4.78, 5) is 15.6. The molecule has 134 valence electrons. The van der Waals surface area contributed by atoms with Crippen molar-refractivity contribution in [2.75, 3.05) is 13.1 Å². The highest BCUT2D eigenvalue weighted by Gasteiger charge is 2.26. The summed E-state index contributed by atoms with van der Waals surface area (Å²) in [6.45, 7) is 4.99. The second kappa shape index (κ2) is 8.34. The molecule has 25 heavy (non-hydrogen) atoms. The molecule has 0 spiro atoms. The maximum atomic E-state index is 11.1. The lowest BCUT2D eigenvalue weighted by Gasteiger charge is -2.22. The molecule has 0 aliphatic rings. The lowest BCUT2D eigenvalue weighted by molar-refractivity contribution is 0.0386. The van der Waals surface area contributed by atoms with Crippen molar-refractivity contribution in [3.63, 3.8) is 0 Å². The number of hydrogen-bond acceptors (Lipinski definition) is 4. The molecule has 0 bridgehead atoms. The van der Waals surface area contributed by atoms with Gasteiger partial charge in [0.25, 0.3) is 0 Å². The van der Waals surface area contributed by atoms with E-state index in [2.05, 4.69) is 15.6 Å².